The van der Waals surface area contributed by atoms with Gasteiger partial charge in [-0.1, -0.05) is 49.2 Å². The SMILES string of the molecule is COc1cccc(NC(=O)C(C2CCCC2)N2CCN(C(=O)CCc3ccccc3)CC2)c1. The largest absolute Gasteiger partial charge is 0.497 e. The number of rotatable bonds is 8. The van der Waals surface area contributed by atoms with Gasteiger partial charge in [0.1, 0.15) is 5.75 Å². The number of nitrogens with one attached hydrogen (secondary N) is 1. The summed E-state index contributed by atoms with van der Waals surface area (Å²) in [5.41, 5.74) is 1.96. The maximum atomic E-state index is 13.4. The van der Waals surface area contributed by atoms with Crippen LogP contribution in [0.2, 0.25) is 0 Å². The molecule has 1 saturated heterocycles. The van der Waals surface area contributed by atoms with Gasteiger partial charge in [0, 0.05) is 44.4 Å². The van der Waals surface area contributed by atoms with E-state index in [0.29, 0.717) is 25.4 Å². The molecule has 2 amide bonds. The van der Waals surface area contributed by atoms with E-state index in [1.807, 2.05) is 47.4 Å². The molecule has 1 N–H and O–H groups in total. The van der Waals surface area contributed by atoms with Crippen LogP contribution in [0.15, 0.2) is 54.6 Å². The van der Waals surface area contributed by atoms with Crippen molar-refractivity contribution in [2.75, 3.05) is 38.6 Å². The highest BCUT2D eigenvalue weighted by atomic mass is 16.5. The minimum absolute atomic E-state index is 0.0546. The molecule has 6 heteroatoms. The molecular formula is C27H35N3O3. The number of amides is 2. The quantitative estimate of drug-likeness (QED) is 0.663. The number of ether oxygens (including phenoxy) is 1. The number of benzene rings is 2. The van der Waals surface area contributed by atoms with E-state index in [4.69, 9.17) is 4.74 Å². The van der Waals surface area contributed by atoms with Gasteiger partial charge < -0.3 is 15.0 Å². The van der Waals surface area contributed by atoms with Crippen LogP contribution in [0.3, 0.4) is 0 Å². The Hall–Kier alpha value is -2.86. The number of hydrogen-bond acceptors (Lipinski definition) is 4. The van der Waals surface area contributed by atoms with E-state index in [0.717, 1.165) is 43.8 Å². The van der Waals surface area contributed by atoms with Gasteiger partial charge in [-0.3, -0.25) is 14.5 Å². The fraction of sp³-hybridized carbons (Fsp3) is 0.481. The van der Waals surface area contributed by atoms with E-state index in [9.17, 15) is 9.59 Å². The Balaban J connectivity index is 1.35. The summed E-state index contributed by atoms with van der Waals surface area (Å²) >= 11 is 0. The highest BCUT2D eigenvalue weighted by Crippen LogP contribution is 2.32. The smallest absolute Gasteiger partial charge is 0.242 e. The first kappa shape index (κ1) is 23.3. The number of nitrogens with zero attached hydrogens (tertiary/aromatic N) is 2. The Bertz CT molecular complexity index is 919. The van der Waals surface area contributed by atoms with Gasteiger partial charge in [0.25, 0.3) is 0 Å². The average molecular weight is 450 g/mol. The van der Waals surface area contributed by atoms with E-state index >= 15 is 0 Å². The van der Waals surface area contributed by atoms with Crippen LogP contribution in [0.5, 0.6) is 5.75 Å². The van der Waals surface area contributed by atoms with Crippen LogP contribution in [-0.4, -0.2) is 60.9 Å². The molecule has 1 heterocycles. The van der Waals surface area contributed by atoms with E-state index in [1.54, 1.807) is 7.11 Å². The number of hydrogen-bond donors (Lipinski definition) is 1. The first-order valence-corrected chi connectivity index (χ1v) is 12.1. The monoisotopic (exact) mass is 449 g/mol. The van der Waals surface area contributed by atoms with Gasteiger partial charge >= 0.3 is 0 Å². The average Bonchev–Trinajstić information content (AvgIpc) is 3.38. The molecule has 2 aromatic carbocycles. The predicted octanol–water partition coefficient (Wildman–Crippen LogP) is 3.97. The molecule has 0 spiro atoms. The van der Waals surface area contributed by atoms with Crippen LogP contribution in [0.4, 0.5) is 5.69 Å². The van der Waals surface area contributed by atoms with Gasteiger partial charge in [-0.2, -0.15) is 0 Å². The van der Waals surface area contributed by atoms with Crippen LogP contribution in [-0.2, 0) is 16.0 Å². The van der Waals surface area contributed by atoms with Gasteiger partial charge in [0.15, 0.2) is 0 Å². The summed E-state index contributed by atoms with van der Waals surface area (Å²) in [6.45, 7) is 2.85. The third-order valence-corrected chi connectivity index (χ3v) is 6.98. The molecule has 176 valence electrons. The molecule has 1 unspecified atom stereocenters. The molecule has 1 atom stereocenters. The summed E-state index contributed by atoms with van der Waals surface area (Å²) in [7, 11) is 1.63. The molecule has 0 bridgehead atoms. The summed E-state index contributed by atoms with van der Waals surface area (Å²) in [6.07, 6.45) is 5.86. The van der Waals surface area contributed by atoms with Crippen molar-refractivity contribution in [2.24, 2.45) is 5.92 Å². The summed E-state index contributed by atoms with van der Waals surface area (Å²) in [5, 5.41) is 3.12. The molecule has 1 saturated carbocycles. The Labute approximate surface area is 196 Å². The Morgan fingerprint density at radius 1 is 1.00 bits per heavy atom. The molecule has 1 aliphatic carbocycles. The highest BCUT2D eigenvalue weighted by molar-refractivity contribution is 5.95. The van der Waals surface area contributed by atoms with Crippen molar-refractivity contribution < 1.29 is 14.3 Å². The maximum Gasteiger partial charge on any atom is 0.242 e. The van der Waals surface area contributed by atoms with Crippen molar-refractivity contribution in [1.29, 1.82) is 0 Å². The number of aryl methyl sites for hydroxylation is 1. The fourth-order valence-corrected chi connectivity index (χ4v) is 5.17. The first-order chi connectivity index (χ1) is 16.1. The second kappa shape index (κ2) is 11.3. The minimum Gasteiger partial charge on any atom is -0.497 e. The normalized spacial score (nSPS) is 18.2. The minimum atomic E-state index is -0.153. The lowest BCUT2D eigenvalue weighted by molar-refractivity contribution is -0.134. The predicted molar refractivity (Wildman–Crippen MR) is 130 cm³/mol. The zero-order chi connectivity index (χ0) is 23.0. The molecule has 2 fully saturated rings. The topological polar surface area (TPSA) is 61.9 Å². The van der Waals surface area contributed by atoms with Gasteiger partial charge in [0.05, 0.1) is 13.2 Å². The lowest BCUT2D eigenvalue weighted by Crippen LogP contribution is -2.57. The number of carbonyl (C=O) groups is 2. The maximum absolute atomic E-state index is 13.4. The first-order valence-electron chi connectivity index (χ1n) is 12.1. The summed E-state index contributed by atoms with van der Waals surface area (Å²) in [6, 6.07) is 17.5. The van der Waals surface area contributed by atoms with Crippen molar-refractivity contribution in [2.45, 2.75) is 44.6 Å². The molecule has 33 heavy (non-hydrogen) atoms. The molecule has 0 aromatic heterocycles. The summed E-state index contributed by atoms with van der Waals surface area (Å²) < 4.78 is 5.30. The van der Waals surface area contributed by atoms with Crippen molar-refractivity contribution >= 4 is 17.5 Å². The zero-order valence-electron chi connectivity index (χ0n) is 19.5. The van der Waals surface area contributed by atoms with E-state index in [2.05, 4.69) is 22.3 Å². The van der Waals surface area contributed by atoms with Crippen LogP contribution in [0, 0.1) is 5.92 Å². The van der Waals surface area contributed by atoms with E-state index < -0.39 is 0 Å². The molecule has 2 aromatic rings. The highest BCUT2D eigenvalue weighted by Gasteiger charge is 2.37. The number of anilines is 1. The van der Waals surface area contributed by atoms with Gasteiger partial charge in [-0.15, -0.1) is 0 Å². The lowest BCUT2D eigenvalue weighted by Gasteiger charge is -2.40. The molecule has 1 aliphatic heterocycles. The van der Waals surface area contributed by atoms with Crippen LogP contribution in [0.1, 0.15) is 37.7 Å². The van der Waals surface area contributed by atoms with Crippen molar-refractivity contribution in [3.63, 3.8) is 0 Å². The Kier molecular flexibility index (Phi) is 8.00. The van der Waals surface area contributed by atoms with E-state index in [1.165, 1.54) is 18.4 Å². The zero-order valence-corrected chi connectivity index (χ0v) is 19.5. The van der Waals surface area contributed by atoms with Crippen molar-refractivity contribution in [3.05, 3.63) is 60.2 Å². The second-order valence-electron chi connectivity index (χ2n) is 9.11. The summed E-state index contributed by atoms with van der Waals surface area (Å²) in [5.74, 6) is 1.36. The lowest BCUT2D eigenvalue weighted by atomic mass is 9.94. The number of piperazine rings is 1. The van der Waals surface area contributed by atoms with Gasteiger partial charge in [-0.05, 0) is 42.9 Å². The van der Waals surface area contributed by atoms with Crippen LogP contribution >= 0.6 is 0 Å². The Morgan fingerprint density at radius 2 is 1.73 bits per heavy atom. The van der Waals surface area contributed by atoms with Crippen LogP contribution < -0.4 is 10.1 Å². The van der Waals surface area contributed by atoms with Crippen molar-refractivity contribution in [3.8, 4) is 5.75 Å². The van der Waals surface area contributed by atoms with Gasteiger partial charge in [-0.25, -0.2) is 0 Å². The number of carbonyl (C=O) groups excluding carboxylic acids is 2. The number of methoxy groups -OCH3 is 1. The van der Waals surface area contributed by atoms with Crippen LogP contribution in [0.25, 0.3) is 0 Å². The third kappa shape index (κ3) is 6.14. The molecule has 6 nitrogen and oxygen atoms in total. The Morgan fingerprint density at radius 3 is 2.42 bits per heavy atom. The van der Waals surface area contributed by atoms with E-state index in [-0.39, 0.29) is 17.9 Å². The van der Waals surface area contributed by atoms with Crippen molar-refractivity contribution in [1.82, 2.24) is 9.80 Å². The third-order valence-electron chi connectivity index (χ3n) is 6.98. The molecular weight excluding hydrogens is 414 g/mol. The molecule has 4 rings (SSSR count). The standard InChI is InChI=1S/C27H35N3O3/c1-33-24-13-7-12-23(20-24)28-27(32)26(22-10-5-6-11-22)30-18-16-29(17-19-30)25(31)15-14-21-8-3-2-4-9-21/h2-4,7-9,12-13,20,22,26H,5-6,10-11,14-19H2,1H3,(H,28,32). The fourth-order valence-electron chi connectivity index (χ4n) is 5.17. The van der Waals surface area contributed by atoms with Gasteiger partial charge in [0.2, 0.25) is 11.8 Å². The summed E-state index contributed by atoms with van der Waals surface area (Å²) in [4.78, 5) is 30.4. The molecule has 2 aliphatic rings. The molecule has 0 radical (unpaired) electrons. The second-order valence-corrected chi connectivity index (χ2v) is 9.11.